The number of thiazole rings is 1. The fourth-order valence-corrected chi connectivity index (χ4v) is 5.50. The second-order valence-electron chi connectivity index (χ2n) is 7.89. The molecule has 2 fully saturated rings. The van der Waals surface area contributed by atoms with E-state index in [1.54, 1.807) is 16.2 Å². The van der Waals surface area contributed by atoms with Gasteiger partial charge in [0.05, 0.1) is 22.8 Å². The van der Waals surface area contributed by atoms with E-state index in [-0.39, 0.29) is 17.9 Å². The number of nitrogens with zero attached hydrogens (tertiary/aromatic N) is 3. The number of hydrogen-bond donors (Lipinski definition) is 1. The predicted octanol–water partition coefficient (Wildman–Crippen LogP) is 4.20. The molecule has 3 aromatic rings. The van der Waals surface area contributed by atoms with Crippen molar-refractivity contribution in [1.29, 1.82) is 0 Å². The lowest BCUT2D eigenvalue weighted by Crippen LogP contribution is -2.32. The summed E-state index contributed by atoms with van der Waals surface area (Å²) in [5.41, 5.74) is 2.68. The van der Waals surface area contributed by atoms with Gasteiger partial charge in [-0.25, -0.2) is 4.98 Å². The van der Waals surface area contributed by atoms with Crippen LogP contribution in [0.5, 0.6) is 0 Å². The number of likely N-dealkylation sites (tertiary alicyclic amines) is 1. The largest absolute Gasteiger partial charge is 0.325 e. The molecule has 2 aliphatic rings. The summed E-state index contributed by atoms with van der Waals surface area (Å²) in [6, 6.07) is 15.9. The highest BCUT2D eigenvalue weighted by Gasteiger charge is 2.30. The molecule has 0 spiro atoms. The molecule has 7 heteroatoms. The molecule has 154 valence electrons. The van der Waals surface area contributed by atoms with Gasteiger partial charge < -0.3 is 10.2 Å². The first-order valence-electron chi connectivity index (χ1n) is 10.5. The quantitative estimate of drug-likeness (QED) is 0.672. The van der Waals surface area contributed by atoms with Crippen LogP contribution in [0.1, 0.15) is 36.7 Å². The van der Waals surface area contributed by atoms with Crippen molar-refractivity contribution in [2.24, 2.45) is 0 Å². The molecule has 1 unspecified atom stereocenters. The van der Waals surface area contributed by atoms with E-state index in [0.29, 0.717) is 13.0 Å². The number of fused-ring (bicyclic) bond motifs is 1. The molecule has 0 bridgehead atoms. The molecular formula is C23H24N4O2S. The van der Waals surface area contributed by atoms with Gasteiger partial charge in [-0.1, -0.05) is 12.1 Å². The SMILES string of the molecule is O=C(CN1CCCC1c1nc2ccccc2s1)Nc1ccc(N2CCCC2=O)cc1. The number of amides is 2. The fraction of sp³-hybridized carbons (Fsp3) is 0.348. The Hall–Kier alpha value is -2.77. The van der Waals surface area contributed by atoms with Crippen LogP contribution >= 0.6 is 11.3 Å². The molecule has 3 heterocycles. The van der Waals surface area contributed by atoms with E-state index in [9.17, 15) is 9.59 Å². The third kappa shape index (κ3) is 3.82. The number of rotatable bonds is 5. The van der Waals surface area contributed by atoms with Crippen LogP contribution in [0.4, 0.5) is 11.4 Å². The minimum atomic E-state index is -0.0204. The molecule has 1 N–H and O–H groups in total. The summed E-state index contributed by atoms with van der Waals surface area (Å²) in [5.74, 6) is 0.148. The van der Waals surface area contributed by atoms with Crippen molar-refractivity contribution >= 4 is 44.7 Å². The van der Waals surface area contributed by atoms with Gasteiger partial charge in [-0.2, -0.15) is 0 Å². The van der Waals surface area contributed by atoms with Crippen molar-refractivity contribution in [1.82, 2.24) is 9.88 Å². The summed E-state index contributed by atoms with van der Waals surface area (Å²) < 4.78 is 1.19. The highest BCUT2D eigenvalue weighted by molar-refractivity contribution is 7.18. The highest BCUT2D eigenvalue weighted by Crippen LogP contribution is 2.36. The maximum atomic E-state index is 12.7. The second-order valence-corrected chi connectivity index (χ2v) is 8.95. The Kier molecular flexibility index (Phi) is 5.23. The van der Waals surface area contributed by atoms with Crippen LogP contribution in [-0.4, -0.2) is 41.3 Å². The average molecular weight is 421 g/mol. The zero-order valence-corrected chi connectivity index (χ0v) is 17.5. The lowest BCUT2D eigenvalue weighted by Gasteiger charge is -2.22. The van der Waals surface area contributed by atoms with Crippen molar-refractivity contribution in [3.63, 3.8) is 0 Å². The van der Waals surface area contributed by atoms with E-state index in [2.05, 4.69) is 16.3 Å². The van der Waals surface area contributed by atoms with Crippen molar-refractivity contribution in [3.05, 3.63) is 53.5 Å². The maximum Gasteiger partial charge on any atom is 0.238 e. The Morgan fingerprint density at radius 1 is 1.10 bits per heavy atom. The first kappa shape index (κ1) is 19.2. The van der Waals surface area contributed by atoms with Gasteiger partial charge >= 0.3 is 0 Å². The molecule has 2 aromatic carbocycles. The summed E-state index contributed by atoms with van der Waals surface area (Å²) in [6.07, 6.45) is 3.63. The van der Waals surface area contributed by atoms with Crippen LogP contribution in [0.15, 0.2) is 48.5 Å². The molecule has 5 rings (SSSR count). The number of hydrogen-bond acceptors (Lipinski definition) is 5. The van der Waals surface area contributed by atoms with Gasteiger partial charge in [-0.05, 0) is 62.2 Å². The molecule has 1 atom stereocenters. The highest BCUT2D eigenvalue weighted by atomic mass is 32.1. The van der Waals surface area contributed by atoms with Gasteiger partial charge in [0.1, 0.15) is 5.01 Å². The molecule has 1 aromatic heterocycles. The topological polar surface area (TPSA) is 65.5 Å². The maximum absolute atomic E-state index is 12.7. The lowest BCUT2D eigenvalue weighted by molar-refractivity contribution is -0.118. The Morgan fingerprint density at radius 3 is 2.70 bits per heavy atom. The summed E-state index contributed by atoms with van der Waals surface area (Å²) in [7, 11) is 0. The number of benzene rings is 2. The summed E-state index contributed by atoms with van der Waals surface area (Å²) >= 11 is 1.73. The molecule has 2 amide bonds. The minimum absolute atomic E-state index is 0.0204. The average Bonchev–Trinajstić information content (AvgIpc) is 3.47. The third-order valence-electron chi connectivity index (χ3n) is 5.84. The number of para-hydroxylation sites is 1. The first-order valence-corrected chi connectivity index (χ1v) is 11.3. The van der Waals surface area contributed by atoms with Gasteiger partial charge in [0.2, 0.25) is 11.8 Å². The van der Waals surface area contributed by atoms with E-state index in [1.165, 1.54) is 4.70 Å². The van der Waals surface area contributed by atoms with Crippen LogP contribution < -0.4 is 10.2 Å². The normalized spacial score (nSPS) is 19.7. The molecule has 0 radical (unpaired) electrons. The van der Waals surface area contributed by atoms with Crippen molar-refractivity contribution in [3.8, 4) is 0 Å². The number of carbonyl (C=O) groups is 2. The third-order valence-corrected chi connectivity index (χ3v) is 6.98. The molecule has 0 saturated carbocycles. The van der Waals surface area contributed by atoms with Crippen molar-refractivity contribution in [2.75, 3.05) is 29.9 Å². The molecule has 2 saturated heterocycles. The van der Waals surface area contributed by atoms with Crippen LogP contribution in [0, 0.1) is 0 Å². The molecule has 30 heavy (non-hydrogen) atoms. The summed E-state index contributed by atoms with van der Waals surface area (Å²) in [4.78, 5) is 33.4. The number of anilines is 2. The molecule has 0 aliphatic carbocycles. The Morgan fingerprint density at radius 2 is 1.93 bits per heavy atom. The number of nitrogens with one attached hydrogen (secondary N) is 1. The van der Waals surface area contributed by atoms with Gasteiger partial charge in [-0.15, -0.1) is 11.3 Å². The zero-order valence-electron chi connectivity index (χ0n) is 16.7. The van der Waals surface area contributed by atoms with Crippen molar-refractivity contribution in [2.45, 2.75) is 31.7 Å². The summed E-state index contributed by atoms with van der Waals surface area (Å²) in [6.45, 7) is 2.03. The Labute approximate surface area is 179 Å². The molecule has 2 aliphatic heterocycles. The second kappa shape index (κ2) is 8.16. The van der Waals surface area contributed by atoms with Crippen molar-refractivity contribution < 1.29 is 9.59 Å². The molecular weight excluding hydrogens is 396 g/mol. The van der Waals surface area contributed by atoms with Crippen LogP contribution in [0.2, 0.25) is 0 Å². The number of carbonyl (C=O) groups excluding carboxylic acids is 2. The van der Waals surface area contributed by atoms with Crippen LogP contribution in [0.3, 0.4) is 0 Å². The fourth-order valence-electron chi connectivity index (χ4n) is 4.36. The van der Waals surface area contributed by atoms with E-state index in [0.717, 1.165) is 54.3 Å². The van der Waals surface area contributed by atoms with Gasteiger partial charge in [-0.3, -0.25) is 14.5 Å². The van der Waals surface area contributed by atoms with E-state index in [1.807, 2.05) is 42.5 Å². The first-order chi connectivity index (χ1) is 14.7. The Bertz CT molecular complexity index is 1050. The lowest BCUT2D eigenvalue weighted by atomic mass is 10.2. The summed E-state index contributed by atoms with van der Waals surface area (Å²) in [5, 5.41) is 4.09. The predicted molar refractivity (Wildman–Crippen MR) is 120 cm³/mol. The molecule has 6 nitrogen and oxygen atoms in total. The van der Waals surface area contributed by atoms with E-state index < -0.39 is 0 Å². The standard InChI is InChI=1S/C23H24N4O2S/c28-21(24-16-9-11-17(12-10-16)27-14-4-8-22(27)29)15-26-13-3-6-19(26)23-25-18-5-1-2-7-20(18)30-23/h1-2,5,7,9-12,19H,3-4,6,8,13-15H2,(H,24,28). The van der Waals surface area contributed by atoms with Gasteiger partial charge in [0.25, 0.3) is 0 Å². The Balaban J connectivity index is 1.23. The smallest absolute Gasteiger partial charge is 0.238 e. The number of aromatic nitrogens is 1. The van der Waals surface area contributed by atoms with E-state index in [4.69, 9.17) is 4.98 Å². The van der Waals surface area contributed by atoms with Gasteiger partial charge in [0, 0.05) is 24.3 Å². The van der Waals surface area contributed by atoms with Crippen LogP contribution in [-0.2, 0) is 9.59 Å². The monoisotopic (exact) mass is 420 g/mol. The zero-order chi connectivity index (χ0) is 20.5. The minimum Gasteiger partial charge on any atom is -0.325 e. The van der Waals surface area contributed by atoms with E-state index >= 15 is 0 Å². The van der Waals surface area contributed by atoms with Crippen LogP contribution in [0.25, 0.3) is 10.2 Å². The van der Waals surface area contributed by atoms with Gasteiger partial charge in [0.15, 0.2) is 0 Å².